The van der Waals surface area contributed by atoms with Gasteiger partial charge >= 0.3 is 5.97 Å². The fourth-order valence-electron chi connectivity index (χ4n) is 2.04. The molecule has 1 amide bonds. The van der Waals surface area contributed by atoms with Crippen LogP contribution in [0.3, 0.4) is 0 Å². The third-order valence-electron chi connectivity index (χ3n) is 3.22. The number of rotatable bonds is 5. The molecule has 104 valence electrons. The van der Waals surface area contributed by atoms with E-state index in [1.807, 2.05) is 13.8 Å². The van der Waals surface area contributed by atoms with Crippen molar-refractivity contribution in [2.75, 3.05) is 20.2 Å². The Hall–Kier alpha value is -1.14. The van der Waals surface area contributed by atoms with Gasteiger partial charge in [0.15, 0.2) is 0 Å². The van der Waals surface area contributed by atoms with Gasteiger partial charge in [0.25, 0.3) is 0 Å². The first kappa shape index (κ1) is 14.9. The van der Waals surface area contributed by atoms with Crippen LogP contribution >= 0.6 is 0 Å². The predicted octanol–water partition coefficient (Wildman–Crippen LogP) is -0.491. The maximum atomic E-state index is 11.7. The zero-order chi connectivity index (χ0) is 13.7. The molecular weight excluding hydrogens is 236 g/mol. The topological polar surface area (TPSA) is 78.9 Å². The zero-order valence-corrected chi connectivity index (χ0v) is 11.2. The predicted molar refractivity (Wildman–Crippen MR) is 65.9 cm³/mol. The van der Waals surface area contributed by atoms with Crippen molar-refractivity contribution in [1.29, 1.82) is 0 Å². The first-order valence-electron chi connectivity index (χ1n) is 6.27. The average Bonchev–Trinajstić information content (AvgIpc) is 2.68. The lowest BCUT2D eigenvalue weighted by Crippen LogP contribution is -2.45. The van der Waals surface area contributed by atoms with Gasteiger partial charge in [-0.1, -0.05) is 6.92 Å². The first-order valence-corrected chi connectivity index (χ1v) is 6.27. The summed E-state index contributed by atoms with van der Waals surface area (Å²) < 4.78 is 4.67. The number of aliphatic hydroxyl groups is 1. The van der Waals surface area contributed by atoms with Crippen molar-refractivity contribution < 1.29 is 19.4 Å². The standard InChI is InChI=1S/C12H22N2O4/c1-4-8(2)13-11(16)7-14-6-9(15)5-10(14)12(17)18-3/h8-10,15H,4-7H2,1-3H3,(H,13,16). The monoisotopic (exact) mass is 258 g/mol. The van der Waals surface area contributed by atoms with E-state index in [2.05, 4.69) is 10.1 Å². The van der Waals surface area contributed by atoms with E-state index in [0.29, 0.717) is 13.0 Å². The second kappa shape index (κ2) is 6.70. The molecule has 1 rings (SSSR count). The lowest BCUT2D eigenvalue weighted by Gasteiger charge is -2.22. The van der Waals surface area contributed by atoms with E-state index >= 15 is 0 Å². The third kappa shape index (κ3) is 3.96. The van der Waals surface area contributed by atoms with E-state index in [9.17, 15) is 14.7 Å². The molecule has 0 radical (unpaired) electrons. The van der Waals surface area contributed by atoms with E-state index in [1.54, 1.807) is 4.90 Å². The highest BCUT2D eigenvalue weighted by atomic mass is 16.5. The number of ether oxygens (including phenoxy) is 1. The summed E-state index contributed by atoms with van der Waals surface area (Å²) in [6.45, 7) is 4.35. The van der Waals surface area contributed by atoms with Crippen LogP contribution in [0.15, 0.2) is 0 Å². The zero-order valence-electron chi connectivity index (χ0n) is 11.2. The molecule has 3 atom stereocenters. The smallest absolute Gasteiger partial charge is 0.323 e. The molecule has 0 spiro atoms. The summed E-state index contributed by atoms with van der Waals surface area (Å²) in [6, 6.07) is -0.408. The minimum Gasteiger partial charge on any atom is -0.468 e. The summed E-state index contributed by atoms with van der Waals surface area (Å²) in [5.74, 6) is -0.532. The normalized spacial score (nSPS) is 25.8. The SMILES string of the molecule is CCC(C)NC(=O)CN1CC(O)CC1C(=O)OC. The van der Waals surface area contributed by atoms with Crippen molar-refractivity contribution in [1.82, 2.24) is 10.2 Å². The molecule has 0 bridgehead atoms. The first-order chi connectivity index (χ1) is 8.47. The molecule has 18 heavy (non-hydrogen) atoms. The molecule has 0 saturated carbocycles. The van der Waals surface area contributed by atoms with Gasteiger partial charge in [-0.15, -0.1) is 0 Å². The molecule has 1 saturated heterocycles. The van der Waals surface area contributed by atoms with Crippen LogP contribution in [-0.2, 0) is 14.3 Å². The van der Waals surface area contributed by atoms with Crippen LogP contribution in [0, 0.1) is 0 Å². The maximum Gasteiger partial charge on any atom is 0.323 e. The van der Waals surface area contributed by atoms with E-state index in [-0.39, 0.29) is 18.5 Å². The molecule has 3 unspecified atom stereocenters. The van der Waals surface area contributed by atoms with E-state index in [1.165, 1.54) is 7.11 Å². The van der Waals surface area contributed by atoms with Gasteiger partial charge in [-0.25, -0.2) is 0 Å². The van der Waals surface area contributed by atoms with E-state index < -0.39 is 18.1 Å². The highest BCUT2D eigenvalue weighted by molar-refractivity contribution is 5.81. The Balaban J connectivity index is 2.53. The van der Waals surface area contributed by atoms with E-state index in [4.69, 9.17) is 0 Å². The second-order valence-corrected chi connectivity index (χ2v) is 4.73. The Morgan fingerprint density at radius 1 is 1.56 bits per heavy atom. The number of hydrogen-bond donors (Lipinski definition) is 2. The van der Waals surface area contributed by atoms with Crippen LogP contribution in [0.25, 0.3) is 0 Å². The Morgan fingerprint density at radius 3 is 2.78 bits per heavy atom. The fourth-order valence-corrected chi connectivity index (χ4v) is 2.04. The van der Waals surface area contributed by atoms with Crippen LogP contribution in [0.1, 0.15) is 26.7 Å². The fraction of sp³-hybridized carbons (Fsp3) is 0.833. The molecule has 6 nitrogen and oxygen atoms in total. The number of nitrogens with zero attached hydrogens (tertiary/aromatic N) is 1. The number of methoxy groups -OCH3 is 1. The van der Waals surface area contributed by atoms with Gasteiger partial charge in [0.1, 0.15) is 6.04 Å². The van der Waals surface area contributed by atoms with Crippen molar-refractivity contribution in [3.8, 4) is 0 Å². The van der Waals surface area contributed by atoms with Gasteiger partial charge in [-0.2, -0.15) is 0 Å². The number of hydrogen-bond acceptors (Lipinski definition) is 5. The van der Waals surface area contributed by atoms with Gasteiger partial charge in [-0.05, 0) is 13.3 Å². The quantitative estimate of drug-likeness (QED) is 0.651. The summed E-state index contributed by atoms with van der Waals surface area (Å²) >= 11 is 0. The Morgan fingerprint density at radius 2 is 2.22 bits per heavy atom. The third-order valence-corrected chi connectivity index (χ3v) is 3.22. The minimum atomic E-state index is -0.578. The maximum absolute atomic E-state index is 11.7. The number of carbonyl (C=O) groups is 2. The molecule has 1 heterocycles. The van der Waals surface area contributed by atoms with Gasteiger partial charge in [-0.3, -0.25) is 14.5 Å². The van der Waals surface area contributed by atoms with Crippen molar-refractivity contribution >= 4 is 11.9 Å². The number of aliphatic hydroxyl groups excluding tert-OH is 1. The Bertz CT molecular complexity index is 308. The Kier molecular flexibility index (Phi) is 5.55. The lowest BCUT2D eigenvalue weighted by atomic mass is 10.2. The number of esters is 1. The number of likely N-dealkylation sites (tertiary alicyclic amines) is 1. The summed E-state index contributed by atoms with van der Waals surface area (Å²) in [6.07, 6.45) is 0.600. The molecule has 2 N–H and O–H groups in total. The minimum absolute atomic E-state index is 0.112. The van der Waals surface area contributed by atoms with Gasteiger partial charge in [0, 0.05) is 19.0 Å². The Labute approximate surface area is 107 Å². The number of nitrogens with one attached hydrogen (secondary N) is 1. The number of carbonyl (C=O) groups excluding carboxylic acids is 2. The molecule has 1 aliphatic heterocycles. The molecule has 0 aromatic heterocycles. The molecule has 1 fully saturated rings. The highest BCUT2D eigenvalue weighted by Gasteiger charge is 2.37. The molecule has 0 aromatic rings. The summed E-state index contributed by atoms with van der Waals surface area (Å²) in [5.41, 5.74) is 0. The summed E-state index contributed by atoms with van der Waals surface area (Å²) in [5, 5.41) is 12.4. The van der Waals surface area contributed by atoms with Crippen molar-refractivity contribution in [2.45, 2.75) is 44.9 Å². The van der Waals surface area contributed by atoms with E-state index in [0.717, 1.165) is 6.42 Å². The number of amides is 1. The van der Waals surface area contributed by atoms with Crippen LogP contribution in [0.4, 0.5) is 0 Å². The lowest BCUT2D eigenvalue weighted by molar-refractivity contribution is -0.146. The van der Waals surface area contributed by atoms with Crippen LogP contribution < -0.4 is 5.32 Å². The van der Waals surface area contributed by atoms with Crippen LogP contribution in [0.2, 0.25) is 0 Å². The van der Waals surface area contributed by atoms with Gasteiger partial charge in [0.2, 0.25) is 5.91 Å². The largest absolute Gasteiger partial charge is 0.468 e. The van der Waals surface area contributed by atoms with Gasteiger partial charge in [0.05, 0.1) is 19.8 Å². The average molecular weight is 258 g/mol. The van der Waals surface area contributed by atoms with Crippen LogP contribution in [-0.4, -0.2) is 60.3 Å². The molecular formula is C12H22N2O4. The number of β-amino-alcohol motifs (C(OH)–C–C–N with tert-alkyl or cyclic N) is 1. The molecule has 1 aliphatic rings. The molecule has 0 aromatic carbocycles. The summed E-state index contributed by atoms with van der Waals surface area (Å²) in [4.78, 5) is 24.9. The van der Waals surface area contributed by atoms with Crippen molar-refractivity contribution in [2.24, 2.45) is 0 Å². The van der Waals surface area contributed by atoms with Crippen molar-refractivity contribution in [3.05, 3.63) is 0 Å². The summed E-state index contributed by atoms with van der Waals surface area (Å²) in [7, 11) is 1.31. The second-order valence-electron chi connectivity index (χ2n) is 4.73. The van der Waals surface area contributed by atoms with Crippen LogP contribution in [0.5, 0.6) is 0 Å². The van der Waals surface area contributed by atoms with Crippen molar-refractivity contribution in [3.63, 3.8) is 0 Å². The molecule has 0 aliphatic carbocycles. The molecule has 6 heteroatoms. The highest BCUT2D eigenvalue weighted by Crippen LogP contribution is 2.18. The van der Waals surface area contributed by atoms with Gasteiger partial charge < -0.3 is 15.2 Å².